The maximum atomic E-state index is 12.3. The fourth-order valence-corrected chi connectivity index (χ4v) is 4.92. The van der Waals surface area contributed by atoms with Crippen LogP contribution in [0.1, 0.15) is 162 Å². The Labute approximate surface area is 241 Å². The van der Waals surface area contributed by atoms with Gasteiger partial charge in [-0.1, -0.05) is 141 Å². The molecule has 0 aliphatic rings. The first-order valence-corrected chi connectivity index (χ1v) is 16.6. The van der Waals surface area contributed by atoms with Crippen LogP contribution < -0.4 is 5.32 Å². The molecule has 0 radical (unpaired) electrons. The second-order valence-corrected chi connectivity index (χ2v) is 11.4. The molecule has 1 amide bonds. The maximum Gasteiger partial charge on any atom is 0.222 e. The first-order chi connectivity index (χ1) is 19.0. The Morgan fingerprint density at radius 3 is 1.62 bits per heavy atom. The number of rotatable bonds is 29. The van der Waals surface area contributed by atoms with Crippen molar-refractivity contribution in [3.8, 4) is 0 Å². The number of hydrogen-bond acceptors (Lipinski definition) is 4. The van der Waals surface area contributed by atoms with E-state index in [4.69, 9.17) is 0 Å². The summed E-state index contributed by atoms with van der Waals surface area (Å²) in [6.45, 7) is 4.18. The highest BCUT2D eigenvalue weighted by molar-refractivity contribution is 5.76. The third-order valence-electron chi connectivity index (χ3n) is 7.55. The third kappa shape index (κ3) is 26.8. The minimum atomic E-state index is -0.750. The lowest BCUT2D eigenvalue weighted by molar-refractivity contribution is -0.125. The number of amides is 1. The van der Waals surface area contributed by atoms with Crippen molar-refractivity contribution < 1.29 is 20.1 Å². The van der Waals surface area contributed by atoms with E-state index in [0.29, 0.717) is 12.8 Å². The van der Waals surface area contributed by atoms with Crippen molar-refractivity contribution in [2.75, 3.05) is 6.61 Å². The zero-order chi connectivity index (χ0) is 28.8. The van der Waals surface area contributed by atoms with Crippen LogP contribution in [0.5, 0.6) is 0 Å². The summed E-state index contributed by atoms with van der Waals surface area (Å²) in [5.41, 5.74) is 0. The van der Waals surface area contributed by atoms with Crippen molar-refractivity contribution in [1.82, 2.24) is 5.32 Å². The fourth-order valence-electron chi connectivity index (χ4n) is 4.92. The molecular formula is C34H65NO4. The smallest absolute Gasteiger partial charge is 0.222 e. The highest BCUT2D eigenvalue weighted by Gasteiger charge is 2.21. The van der Waals surface area contributed by atoms with Crippen LogP contribution in [0, 0.1) is 0 Å². The van der Waals surface area contributed by atoms with E-state index in [1.807, 2.05) is 0 Å². The summed E-state index contributed by atoms with van der Waals surface area (Å²) < 4.78 is 0. The van der Waals surface area contributed by atoms with E-state index >= 15 is 0 Å². The van der Waals surface area contributed by atoms with Crippen molar-refractivity contribution in [1.29, 1.82) is 0 Å². The summed E-state index contributed by atoms with van der Waals surface area (Å²) in [6, 6.07) is -0.660. The Balaban J connectivity index is 3.77. The third-order valence-corrected chi connectivity index (χ3v) is 7.55. The average molecular weight is 552 g/mol. The lowest BCUT2D eigenvalue weighted by Gasteiger charge is -2.23. The van der Waals surface area contributed by atoms with Crippen molar-refractivity contribution in [2.24, 2.45) is 0 Å². The standard InChI is InChI=1S/C34H65NO4/c1-3-5-7-9-11-13-15-16-18-19-21-23-25-27-31(37)29-34(39)35-32(30-36)33(38)28-26-24-22-20-17-14-12-10-8-6-4-2/h11,13,15-16,31-33,36-38H,3-10,12,14,17-30H2,1-2H3,(H,35,39)/b13-11-,16-15-. The number of carbonyl (C=O) groups is 1. The largest absolute Gasteiger partial charge is 0.394 e. The van der Waals surface area contributed by atoms with E-state index in [1.54, 1.807) is 0 Å². The van der Waals surface area contributed by atoms with E-state index in [-0.39, 0.29) is 18.9 Å². The normalized spacial score (nSPS) is 14.3. The monoisotopic (exact) mass is 551 g/mol. The molecule has 0 aliphatic carbocycles. The van der Waals surface area contributed by atoms with Gasteiger partial charge in [-0.15, -0.1) is 0 Å². The van der Waals surface area contributed by atoms with E-state index in [0.717, 1.165) is 44.9 Å². The van der Waals surface area contributed by atoms with Crippen molar-refractivity contribution in [2.45, 2.75) is 180 Å². The fraction of sp³-hybridized carbons (Fsp3) is 0.853. The van der Waals surface area contributed by atoms with E-state index in [9.17, 15) is 20.1 Å². The lowest BCUT2D eigenvalue weighted by atomic mass is 10.0. The molecule has 0 aromatic heterocycles. The molecule has 0 saturated heterocycles. The summed E-state index contributed by atoms with van der Waals surface area (Å²) in [7, 11) is 0. The molecule has 0 aromatic carbocycles. The Kier molecular flexibility index (Phi) is 28.9. The summed E-state index contributed by atoms with van der Waals surface area (Å²) in [6.07, 6.45) is 32.6. The number of hydrogen-bond donors (Lipinski definition) is 4. The molecule has 4 N–H and O–H groups in total. The van der Waals surface area contributed by atoms with Gasteiger partial charge >= 0.3 is 0 Å². The van der Waals surface area contributed by atoms with Gasteiger partial charge in [-0.25, -0.2) is 0 Å². The van der Waals surface area contributed by atoms with Crippen LogP contribution in [-0.4, -0.2) is 46.1 Å². The first-order valence-electron chi connectivity index (χ1n) is 16.6. The Morgan fingerprint density at radius 1 is 0.641 bits per heavy atom. The molecule has 0 heterocycles. The average Bonchev–Trinajstić information content (AvgIpc) is 2.92. The van der Waals surface area contributed by atoms with Gasteiger partial charge in [0, 0.05) is 0 Å². The minimum Gasteiger partial charge on any atom is -0.394 e. The molecule has 0 spiro atoms. The van der Waals surface area contributed by atoms with E-state index in [2.05, 4.69) is 43.5 Å². The highest BCUT2D eigenvalue weighted by atomic mass is 16.3. The molecule has 0 aromatic rings. The molecule has 0 rings (SSSR count). The van der Waals surface area contributed by atoms with Gasteiger partial charge in [0.15, 0.2) is 0 Å². The predicted octanol–water partition coefficient (Wildman–Crippen LogP) is 8.31. The summed E-state index contributed by atoms with van der Waals surface area (Å²) in [4.78, 5) is 12.3. The van der Waals surface area contributed by atoms with Crippen LogP contribution in [0.3, 0.4) is 0 Å². The Hall–Kier alpha value is -1.17. The summed E-state index contributed by atoms with van der Waals surface area (Å²) >= 11 is 0. The van der Waals surface area contributed by atoms with Gasteiger partial charge in [-0.3, -0.25) is 4.79 Å². The second kappa shape index (κ2) is 29.8. The van der Waals surface area contributed by atoms with Gasteiger partial charge in [-0.2, -0.15) is 0 Å². The van der Waals surface area contributed by atoms with Gasteiger partial charge in [-0.05, 0) is 38.5 Å². The topological polar surface area (TPSA) is 89.8 Å². The molecule has 0 saturated carbocycles. The molecule has 0 fully saturated rings. The molecule has 230 valence electrons. The predicted molar refractivity (Wildman–Crippen MR) is 167 cm³/mol. The number of nitrogens with one attached hydrogen (secondary N) is 1. The Morgan fingerprint density at radius 2 is 1.08 bits per heavy atom. The maximum absolute atomic E-state index is 12.3. The number of aliphatic hydroxyl groups excluding tert-OH is 3. The molecule has 5 nitrogen and oxygen atoms in total. The second-order valence-electron chi connectivity index (χ2n) is 11.4. The number of allylic oxidation sites excluding steroid dienone is 4. The van der Waals surface area contributed by atoms with Crippen LogP contribution >= 0.6 is 0 Å². The minimum absolute atomic E-state index is 0.0228. The highest BCUT2D eigenvalue weighted by Crippen LogP contribution is 2.14. The van der Waals surface area contributed by atoms with Gasteiger partial charge in [0.1, 0.15) is 0 Å². The molecular weight excluding hydrogens is 486 g/mol. The molecule has 0 bridgehead atoms. The van der Waals surface area contributed by atoms with Crippen molar-refractivity contribution in [3.63, 3.8) is 0 Å². The Bertz CT molecular complexity index is 578. The summed E-state index contributed by atoms with van der Waals surface area (Å²) in [5, 5.41) is 33.0. The van der Waals surface area contributed by atoms with Gasteiger partial charge in [0.2, 0.25) is 5.91 Å². The lowest BCUT2D eigenvalue weighted by Crippen LogP contribution is -2.46. The van der Waals surface area contributed by atoms with Crippen molar-refractivity contribution in [3.05, 3.63) is 24.3 Å². The molecule has 3 unspecified atom stereocenters. The molecule has 39 heavy (non-hydrogen) atoms. The van der Waals surface area contributed by atoms with Gasteiger partial charge < -0.3 is 20.6 Å². The van der Waals surface area contributed by atoms with Crippen LogP contribution in [-0.2, 0) is 4.79 Å². The molecule has 5 heteroatoms. The SMILES string of the molecule is CCCCC/C=C\C=C/CCCCCCC(O)CC(=O)NC(CO)C(O)CCCCCCCCCCCCC. The van der Waals surface area contributed by atoms with Gasteiger partial charge in [0.25, 0.3) is 0 Å². The van der Waals surface area contributed by atoms with Crippen LogP contribution in [0.25, 0.3) is 0 Å². The zero-order valence-electron chi connectivity index (χ0n) is 25.8. The van der Waals surface area contributed by atoms with Crippen LogP contribution in [0.4, 0.5) is 0 Å². The quantitative estimate of drug-likeness (QED) is 0.0556. The van der Waals surface area contributed by atoms with Crippen LogP contribution in [0.2, 0.25) is 0 Å². The number of carbonyl (C=O) groups excluding carboxylic acids is 1. The number of aliphatic hydroxyl groups is 3. The zero-order valence-corrected chi connectivity index (χ0v) is 25.8. The van der Waals surface area contributed by atoms with Crippen LogP contribution in [0.15, 0.2) is 24.3 Å². The van der Waals surface area contributed by atoms with Crippen molar-refractivity contribution >= 4 is 5.91 Å². The molecule has 0 aliphatic heterocycles. The van der Waals surface area contributed by atoms with E-state index < -0.39 is 18.2 Å². The number of unbranched alkanes of at least 4 members (excludes halogenated alkanes) is 17. The van der Waals surface area contributed by atoms with E-state index in [1.165, 1.54) is 83.5 Å². The summed E-state index contributed by atoms with van der Waals surface area (Å²) in [5.74, 6) is -0.299. The van der Waals surface area contributed by atoms with Gasteiger partial charge in [0.05, 0.1) is 31.3 Å². The first kappa shape index (κ1) is 37.8. The molecule has 3 atom stereocenters.